The summed E-state index contributed by atoms with van der Waals surface area (Å²) in [5, 5.41) is 38.2. The molecule has 0 radical (unpaired) electrons. The van der Waals surface area contributed by atoms with Gasteiger partial charge >= 0.3 is 88.7 Å². The van der Waals surface area contributed by atoms with E-state index in [4.69, 9.17) is 29.1 Å². The van der Waals surface area contributed by atoms with Gasteiger partial charge in [-0.3, -0.25) is 4.57 Å². The van der Waals surface area contributed by atoms with Crippen LogP contribution in [0.5, 0.6) is 5.88 Å². The van der Waals surface area contributed by atoms with Crippen LogP contribution in [0.4, 0.5) is 0 Å². The third kappa shape index (κ3) is 8.15. The van der Waals surface area contributed by atoms with Crippen LogP contribution in [0, 0.1) is 0 Å². The minimum atomic E-state index is -5.39. The van der Waals surface area contributed by atoms with Gasteiger partial charge in [-0.15, -0.1) is 0 Å². The summed E-state index contributed by atoms with van der Waals surface area (Å²) in [5.41, 5.74) is 0.433. The molecular weight excluding hydrogens is 420 g/mol. The van der Waals surface area contributed by atoms with Gasteiger partial charge in [0.25, 0.3) is 0 Å². The number of imidazole rings is 1. The fraction of sp³-hybridized carbons (Fsp3) is 0.500. The van der Waals surface area contributed by atoms with Gasteiger partial charge in [-0.1, -0.05) is 0 Å². The van der Waals surface area contributed by atoms with Gasteiger partial charge in [0.05, 0.1) is 12.9 Å². The first kappa shape index (κ1) is 30.5. The molecule has 0 unspecified atom stereocenters. The van der Waals surface area contributed by atoms with Crippen LogP contribution >= 0.6 is 7.82 Å². The van der Waals surface area contributed by atoms with Crippen molar-refractivity contribution in [3.05, 3.63) is 12.7 Å². The molecule has 0 amide bonds. The zero-order valence-corrected chi connectivity index (χ0v) is 21.6. The quantitative estimate of drug-likeness (QED) is 0.257. The number of fused-ring (bicyclic) bond motifs is 1. The summed E-state index contributed by atoms with van der Waals surface area (Å²) in [7, 11) is -5.39. The van der Waals surface area contributed by atoms with Crippen LogP contribution in [-0.2, 0) is 9.30 Å². The average molecular weight is 432 g/mol. The van der Waals surface area contributed by atoms with E-state index in [-0.39, 0.29) is 106 Å². The second kappa shape index (κ2) is 12.9. The van der Waals surface area contributed by atoms with Gasteiger partial charge in [-0.25, -0.2) is 9.97 Å². The number of aliphatic hydroxyl groups is 3. The molecule has 2 aromatic heterocycles. The van der Waals surface area contributed by atoms with Crippen molar-refractivity contribution < 1.29 is 133 Å². The summed E-state index contributed by atoms with van der Waals surface area (Å²) < 4.78 is 15.3. The fourth-order valence-electron chi connectivity index (χ4n) is 2.14. The van der Waals surface area contributed by atoms with Gasteiger partial charge in [0, 0.05) is 0 Å². The van der Waals surface area contributed by atoms with Crippen molar-refractivity contribution in [1.29, 1.82) is 0 Å². The molecule has 134 valence electrons. The molecule has 3 rings (SSSR count). The Morgan fingerprint density at radius 1 is 1.11 bits per heavy atom. The Balaban J connectivity index is 0. The number of aliphatic hydroxyl groups excluding tert-OH is 3. The Morgan fingerprint density at radius 3 is 2.15 bits per heavy atom. The summed E-state index contributed by atoms with van der Waals surface area (Å²) in [5.74, 6) is -0.282. The van der Waals surface area contributed by atoms with Gasteiger partial charge in [0.15, 0.2) is 17.4 Å². The third-order valence-electron chi connectivity index (χ3n) is 3.13. The second-order valence-corrected chi connectivity index (χ2v) is 5.59. The molecule has 4 atom stereocenters. The Bertz CT molecular complexity index is 754. The number of ether oxygens (including phenoxy) is 1. The number of hydrogen-bond acceptors (Lipinski definition) is 12. The normalized spacial score (nSPS) is 24.1. The van der Waals surface area contributed by atoms with Crippen LogP contribution in [0.25, 0.3) is 11.2 Å². The van der Waals surface area contributed by atoms with Crippen molar-refractivity contribution in [2.24, 2.45) is 0 Å². The molecule has 13 nitrogen and oxygen atoms in total. The van der Waals surface area contributed by atoms with Crippen molar-refractivity contribution in [2.75, 3.05) is 6.61 Å². The minimum Gasteiger partial charge on any atom is -0.822 e. The summed E-state index contributed by atoms with van der Waals surface area (Å²) in [6.45, 7) is -0.415. The molecule has 0 aromatic carbocycles. The molecule has 1 aliphatic heterocycles. The van der Waals surface area contributed by atoms with E-state index in [0.29, 0.717) is 0 Å². The standard InChI is InChI=1S/C10H12N4O5.3Na.H3O4P/c15-1-4-6(16)7(17)10(19-4)14-3-13-5-8(14)11-2-12-9(5)18;;;;1-5(2,3)4/h2-4,6-7,10,15-17H,1H2,(H,11,12,18);;;;(H3,1,2,3,4)/q;3*+1;/p-3/t4-,6-,7-,10-;;;;/m1..../s1. The Kier molecular flexibility index (Phi) is 14.5. The van der Waals surface area contributed by atoms with Gasteiger partial charge in [-0.05, 0) is 0 Å². The molecule has 1 saturated heterocycles. The third-order valence-corrected chi connectivity index (χ3v) is 3.13. The van der Waals surface area contributed by atoms with E-state index in [2.05, 4.69) is 15.0 Å². The van der Waals surface area contributed by atoms with Gasteiger partial charge < -0.3 is 44.4 Å². The predicted molar refractivity (Wildman–Crippen MR) is 67.6 cm³/mol. The molecule has 0 aliphatic carbocycles. The number of nitrogens with zero attached hydrogens (tertiary/aromatic N) is 4. The van der Waals surface area contributed by atoms with E-state index in [0.717, 1.165) is 6.33 Å². The van der Waals surface area contributed by atoms with E-state index < -0.39 is 39.0 Å². The molecule has 4 N–H and O–H groups in total. The SMILES string of the molecule is O=P([O-])([O-])[O-].OC[C@H]1O[C@@H](n2cnc3c(O)ncnc32)[C@H](O)[C@@H]1O.[Na+].[Na+].[Na+]. The minimum absolute atomic E-state index is 0. The van der Waals surface area contributed by atoms with Crippen LogP contribution in [-0.4, -0.2) is 64.9 Å². The van der Waals surface area contributed by atoms with Crippen LogP contribution in [0.3, 0.4) is 0 Å². The number of aromatic nitrogens is 4. The van der Waals surface area contributed by atoms with Gasteiger partial charge in [0.2, 0.25) is 5.88 Å². The molecule has 1 fully saturated rings. The first-order valence-corrected chi connectivity index (χ1v) is 7.81. The van der Waals surface area contributed by atoms with Crippen molar-refractivity contribution in [2.45, 2.75) is 24.5 Å². The monoisotopic (exact) mass is 432 g/mol. The smallest absolute Gasteiger partial charge is 0.822 e. The molecule has 27 heavy (non-hydrogen) atoms. The molecular formula is C10H12N4Na3O9P. The molecule has 17 heteroatoms. The summed E-state index contributed by atoms with van der Waals surface area (Å²) in [6.07, 6.45) is -1.79. The summed E-state index contributed by atoms with van der Waals surface area (Å²) in [6, 6.07) is 0. The van der Waals surface area contributed by atoms with E-state index >= 15 is 0 Å². The van der Waals surface area contributed by atoms with Crippen molar-refractivity contribution in [1.82, 2.24) is 19.5 Å². The van der Waals surface area contributed by atoms with E-state index in [9.17, 15) is 15.3 Å². The van der Waals surface area contributed by atoms with Crippen molar-refractivity contribution >= 4 is 19.0 Å². The number of aromatic hydroxyl groups is 1. The number of hydrogen-bond donors (Lipinski definition) is 4. The largest absolute Gasteiger partial charge is 1.00 e. The maximum atomic E-state index is 9.92. The van der Waals surface area contributed by atoms with Crippen LogP contribution in [0.2, 0.25) is 0 Å². The number of rotatable bonds is 2. The van der Waals surface area contributed by atoms with E-state index in [1.165, 1.54) is 10.9 Å². The molecule has 1 aliphatic rings. The van der Waals surface area contributed by atoms with Crippen molar-refractivity contribution in [3.63, 3.8) is 0 Å². The van der Waals surface area contributed by atoms with Crippen LogP contribution in [0.1, 0.15) is 6.23 Å². The van der Waals surface area contributed by atoms with E-state index in [1.54, 1.807) is 0 Å². The maximum absolute atomic E-state index is 9.92. The topological polar surface area (TPSA) is 220 Å². The van der Waals surface area contributed by atoms with E-state index in [1.807, 2.05) is 0 Å². The van der Waals surface area contributed by atoms with Crippen LogP contribution < -0.4 is 103 Å². The summed E-state index contributed by atoms with van der Waals surface area (Å²) >= 11 is 0. The van der Waals surface area contributed by atoms with Gasteiger partial charge in [-0.2, -0.15) is 12.8 Å². The average Bonchev–Trinajstić information content (AvgIpc) is 3.01. The zero-order chi connectivity index (χ0) is 18.1. The molecule has 0 saturated carbocycles. The Morgan fingerprint density at radius 2 is 1.67 bits per heavy atom. The second-order valence-electron chi connectivity index (χ2n) is 4.70. The Hall–Kier alpha value is 1.30. The molecule has 0 bridgehead atoms. The molecule has 0 spiro atoms. The van der Waals surface area contributed by atoms with Crippen molar-refractivity contribution in [3.8, 4) is 5.88 Å². The summed E-state index contributed by atoms with van der Waals surface area (Å²) in [4.78, 5) is 37.1. The first-order valence-electron chi connectivity index (χ1n) is 6.35. The fourth-order valence-corrected chi connectivity index (χ4v) is 2.14. The predicted octanol–water partition coefficient (Wildman–Crippen LogP) is -13.7. The van der Waals surface area contributed by atoms with Gasteiger partial charge in [0.1, 0.15) is 24.6 Å². The number of phosphoric acid groups is 1. The first-order chi connectivity index (χ1) is 11.1. The molecule has 3 heterocycles. The maximum Gasteiger partial charge on any atom is 1.00 e. The van der Waals surface area contributed by atoms with Crippen LogP contribution in [0.15, 0.2) is 12.7 Å². The zero-order valence-electron chi connectivity index (χ0n) is 14.7. The Labute approximate surface area is 218 Å². The molecule has 2 aromatic rings.